The molecule has 1 aliphatic rings. The van der Waals surface area contributed by atoms with E-state index < -0.39 is 5.97 Å². The van der Waals surface area contributed by atoms with Crippen LogP contribution in [0.1, 0.15) is 47.2 Å². The second-order valence-corrected chi connectivity index (χ2v) is 7.94. The first kappa shape index (κ1) is 22.1. The summed E-state index contributed by atoms with van der Waals surface area (Å²) in [6.45, 7) is 3.46. The van der Waals surface area contributed by atoms with Crippen molar-refractivity contribution < 1.29 is 14.6 Å². The van der Waals surface area contributed by atoms with Crippen molar-refractivity contribution in [2.75, 3.05) is 30.3 Å². The lowest BCUT2D eigenvalue weighted by molar-refractivity contribution is 0.0526. The lowest BCUT2D eigenvalue weighted by Gasteiger charge is -2.35. The highest BCUT2D eigenvalue weighted by Crippen LogP contribution is 2.36. The molecule has 2 heterocycles. The number of aromatic hydroxyl groups is 1. The number of phenolic OH excluding ortho intramolecular Hbond substituents is 1. The molecule has 1 atom stereocenters. The van der Waals surface area contributed by atoms with Crippen molar-refractivity contribution in [1.29, 1.82) is 5.26 Å². The minimum atomic E-state index is -0.432. The Balaban J connectivity index is 1.62. The van der Waals surface area contributed by atoms with Crippen LogP contribution in [0.5, 0.6) is 5.75 Å². The first-order valence-electron chi connectivity index (χ1n) is 10.9. The molecule has 0 amide bonds. The van der Waals surface area contributed by atoms with Crippen LogP contribution in [-0.2, 0) is 4.74 Å². The first-order valence-corrected chi connectivity index (χ1v) is 10.9. The van der Waals surface area contributed by atoms with E-state index in [9.17, 15) is 15.2 Å². The Morgan fingerprint density at radius 2 is 2.09 bits per heavy atom. The highest BCUT2D eigenvalue weighted by atomic mass is 16.5. The van der Waals surface area contributed by atoms with Gasteiger partial charge >= 0.3 is 5.97 Å². The summed E-state index contributed by atoms with van der Waals surface area (Å²) in [4.78, 5) is 14.2. The van der Waals surface area contributed by atoms with Gasteiger partial charge in [-0.2, -0.15) is 5.26 Å². The van der Waals surface area contributed by atoms with Crippen molar-refractivity contribution in [3.8, 4) is 23.1 Å². The summed E-state index contributed by atoms with van der Waals surface area (Å²) in [6.07, 6.45) is 1.82. The van der Waals surface area contributed by atoms with Crippen LogP contribution in [0, 0.1) is 11.3 Å². The number of nitrogen functional groups attached to an aromatic ring is 1. The van der Waals surface area contributed by atoms with E-state index in [0.29, 0.717) is 34.7 Å². The van der Waals surface area contributed by atoms with Crippen molar-refractivity contribution in [3.05, 3.63) is 65.2 Å². The fourth-order valence-corrected chi connectivity index (χ4v) is 4.27. The standard InChI is InChI=1S/C25H25N5O3/c1-2-33-25(32)16-9-10-19(18(12-16)14-26)17-6-5-11-30(15-17)22-13-21(28-29-24(22)27)20-7-3-4-8-23(20)31/h3-4,7-10,12-13,17,31H,2,5-6,11,15H2,1H3,(H2,27,29)/t17-/m0/s1. The average molecular weight is 444 g/mol. The number of nitrogens with zero attached hydrogens (tertiary/aromatic N) is 4. The van der Waals surface area contributed by atoms with Gasteiger partial charge in [0, 0.05) is 24.6 Å². The van der Waals surface area contributed by atoms with Gasteiger partial charge in [0.15, 0.2) is 5.82 Å². The Bertz CT molecular complexity index is 1220. The summed E-state index contributed by atoms with van der Waals surface area (Å²) >= 11 is 0. The van der Waals surface area contributed by atoms with Gasteiger partial charge in [0.2, 0.25) is 0 Å². The number of hydrogen-bond donors (Lipinski definition) is 2. The van der Waals surface area contributed by atoms with E-state index in [0.717, 1.165) is 30.6 Å². The molecule has 4 rings (SSSR count). The highest BCUT2D eigenvalue weighted by molar-refractivity contribution is 5.90. The number of aromatic nitrogens is 2. The Kier molecular flexibility index (Phi) is 6.41. The minimum Gasteiger partial charge on any atom is -0.507 e. The fraction of sp³-hybridized carbons (Fsp3) is 0.280. The maximum atomic E-state index is 12.1. The van der Waals surface area contributed by atoms with Crippen LogP contribution in [0.25, 0.3) is 11.3 Å². The largest absolute Gasteiger partial charge is 0.507 e. The van der Waals surface area contributed by atoms with Gasteiger partial charge in [0.25, 0.3) is 0 Å². The molecule has 0 radical (unpaired) electrons. The third kappa shape index (κ3) is 4.58. The van der Waals surface area contributed by atoms with Crippen LogP contribution in [0.2, 0.25) is 0 Å². The molecule has 0 aliphatic carbocycles. The number of carbonyl (C=O) groups excluding carboxylic acids is 1. The molecule has 1 fully saturated rings. The number of piperidine rings is 1. The molecule has 0 bridgehead atoms. The summed E-state index contributed by atoms with van der Waals surface area (Å²) in [5.74, 6) is 0.0938. The van der Waals surface area contributed by atoms with E-state index in [-0.39, 0.29) is 18.3 Å². The third-order valence-corrected chi connectivity index (χ3v) is 5.87. The molecular weight excluding hydrogens is 418 g/mol. The van der Waals surface area contributed by atoms with E-state index in [1.165, 1.54) is 0 Å². The zero-order valence-corrected chi connectivity index (χ0v) is 18.4. The van der Waals surface area contributed by atoms with Gasteiger partial charge in [-0.1, -0.05) is 18.2 Å². The second-order valence-electron chi connectivity index (χ2n) is 7.94. The summed E-state index contributed by atoms with van der Waals surface area (Å²) < 4.78 is 5.06. The van der Waals surface area contributed by atoms with E-state index in [1.54, 1.807) is 37.3 Å². The molecule has 1 saturated heterocycles. The molecule has 0 spiro atoms. The molecule has 3 aromatic rings. The number of carbonyl (C=O) groups is 1. The Labute approximate surface area is 192 Å². The van der Waals surface area contributed by atoms with Gasteiger partial charge in [-0.25, -0.2) is 4.79 Å². The van der Waals surface area contributed by atoms with Crippen molar-refractivity contribution in [2.24, 2.45) is 0 Å². The first-order chi connectivity index (χ1) is 16.0. The number of anilines is 2. The molecule has 0 saturated carbocycles. The van der Waals surface area contributed by atoms with Crippen molar-refractivity contribution in [3.63, 3.8) is 0 Å². The number of para-hydroxylation sites is 1. The number of ether oxygens (including phenoxy) is 1. The smallest absolute Gasteiger partial charge is 0.338 e. The van der Waals surface area contributed by atoms with Crippen LogP contribution >= 0.6 is 0 Å². The van der Waals surface area contributed by atoms with Crippen LogP contribution in [0.15, 0.2) is 48.5 Å². The molecule has 33 heavy (non-hydrogen) atoms. The quantitative estimate of drug-likeness (QED) is 0.569. The van der Waals surface area contributed by atoms with Crippen LogP contribution in [0.4, 0.5) is 11.5 Å². The fourth-order valence-electron chi connectivity index (χ4n) is 4.27. The Morgan fingerprint density at radius 1 is 1.27 bits per heavy atom. The summed E-state index contributed by atoms with van der Waals surface area (Å²) in [5, 5.41) is 28.2. The zero-order valence-electron chi connectivity index (χ0n) is 18.4. The number of hydrogen-bond acceptors (Lipinski definition) is 8. The average Bonchev–Trinajstić information content (AvgIpc) is 2.84. The zero-order chi connectivity index (χ0) is 23.4. The van der Waals surface area contributed by atoms with Crippen molar-refractivity contribution in [2.45, 2.75) is 25.7 Å². The predicted octanol–water partition coefficient (Wildman–Crippen LogP) is 3.86. The Hall–Kier alpha value is -4.12. The molecule has 0 unspecified atom stereocenters. The predicted molar refractivity (Wildman–Crippen MR) is 125 cm³/mol. The minimum absolute atomic E-state index is 0.0887. The lowest BCUT2D eigenvalue weighted by Crippen LogP contribution is -2.35. The van der Waals surface area contributed by atoms with E-state index >= 15 is 0 Å². The molecular formula is C25H25N5O3. The topological polar surface area (TPSA) is 125 Å². The van der Waals surface area contributed by atoms with Gasteiger partial charge in [-0.15, -0.1) is 10.2 Å². The highest BCUT2D eigenvalue weighted by Gasteiger charge is 2.26. The molecule has 1 aliphatic heterocycles. The van der Waals surface area contributed by atoms with Crippen LogP contribution < -0.4 is 10.6 Å². The summed E-state index contributed by atoms with van der Waals surface area (Å²) in [7, 11) is 0. The molecule has 8 heteroatoms. The van der Waals surface area contributed by atoms with Crippen LogP contribution in [-0.4, -0.2) is 41.0 Å². The number of benzene rings is 2. The normalized spacial score (nSPS) is 15.6. The maximum absolute atomic E-state index is 12.1. The monoisotopic (exact) mass is 443 g/mol. The summed E-state index contributed by atoms with van der Waals surface area (Å²) in [5.41, 5.74) is 9.79. The lowest BCUT2D eigenvalue weighted by atomic mass is 9.87. The number of esters is 1. The molecule has 3 N–H and O–H groups in total. The summed E-state index contributed by atoms with van der Waals surface area (Å²) in [6, 6.07) is 16.2. The maximum Gasteiger partial charge on any atom is 0.338 e. The number of rotatable bonds is 5. The molecule has 2 aromatic carbocycles. The third-order valence-electron chi connectivity index (χ3n) is 5.87. The molecule has 8 nitrogen and oxygen atoms in total. The molecule has 168 valence electrons. The Morgan fingerprint density at radius 3 is 2.85 bits per heavy atom. The number of nitriles is 1. The van der Waals surface area contributed by atoms with Gasteiger partial charge in [0.1, 0.15) is 5.75 Å². The van der Waals surface area contributed by atoms with Gasteiger partial charge in [-0.3, -0.25) is 0 Å². The van der Waals surface area contributed by atoms with E-state index in [4.69, 9.17) is 10.5 Å². The van der Waals surface area contributed by atoms with Crippen LogP contribution in [0.3, 0.4) is 0 Å². The molecule has 1 aromatic heterocycles. The van der Waals surface area contributed by atoms with Gasteiger partial charge < -0.3 is 20.5 Å². The van der Waals surface area contributed by atoms with Crippen molar-refractivity contribution >= 4 is 17.5 Å². The SMILES string of the molecule is CCOC(=O)c1ccc([C@H]2CCCN(c3cc(-c4ccccc4O)nnc3N)C2)c(C#N)c1. The number of nitrogens with two attached hydrogens (primary N) is 1. The van der Waals surface area contributed by atoms with E-state index in [1.807, 2.05) is 18.2 Å². The van der Waals surface area contributed by atoms with Gasteiger partial charge in [-0.05, 0) is 55.7 Å². The number of phenols is 1. The van der Waals surface area contributed by atoms with Gasteiger partial charge in [0.05, 0.1) is 35.2 Å². The van der Waals surface area contributed by atoms with E-state index in [2.05, 4.69) is 21.2 Å². The van der Waals surface area contributed by atoms with Crippen molar-refractivity contribution in [1.82, 2.24) is 10.2 Å². The second kappa shape index (κ2) is 9.57.